The molecule has 2 aliphatic heterocycles. The Morgan fingerprint density at radius 1 is 1.28 bits per heavy atom. The van der Waals surface area contributed by atoms with E-state index in [0.29, 0.717) is 36.5 Å². The Labute approximate surface area is 172 Å². The summed E-state index contributed by atoms with van der Waals surface area (Å²) in [5.41, 5.74) is 2.29. The number of nitrogens with zero attached hydrogens (tertiary/aromatic N) is 4. The number of rotatable bonds is 4. The van der Waals surface area contributed by atoms with Crippen LogP contribution in [0.1, 0.15) is 31.7 Å². The standard InChI is InChI=1S/C23H28N4O2/c1-16-14-27(20-6-5-18(13-24)23-19(20)4-3-9-25-23)15-22(29-16)21(28)12-17-7-10-26(2)11-8-17/h3-6,9,16-17,22H,7-8,10-12,14-15H2,1-2H3/t16-,22-/m1/s1. The Hall–Kier alpha value is -2.49. The van der Waals surface area contributed by atoms with Gasteiger partial charge in [0.25, 0.3) is 0 Å². The van der Waals surface area contributed by atoms with E-state index in [9.17, 15) is 10.1 Å². The molecule has 2 aliphatic rings. The van der Waals surface area contributed by atoms with Crippen molar-refractivity contribution in [1.82, 2.24) is 9.88 Å². The van der Waals surface area contributed by atoms with Gasteiger partial charge in [0.2, 0.25) is 0 Å². The van der Waals surface area contributed by atoms with E-state index in [1.54, 1.807) is 6.20 Å². The van der Waals surface area contributed by atoms with Gasteiger partial charge < -0.3 is 14.5 Å². The molecule has 0 aliphatic carbocycles. The zero-order valence-corrected chi connectivity index (χ0v) is 17.2. The van der Waals surface area contributed by atoms with Crippen LogP contribution in [0.5, 0.6) is 0 Å². The normalized spacial score (nSPS) is 23.8. The van der Waals surface area contributed by atoms with Crippen LogP contribution < -0.4 is 4.90 Å². The lowest BCUT2D eigenvalue weighted by molar-refractivity contribution is -0.136. The van der Waals surface area contributed by atoms with E-state index in [4.69, 9.17) is 4.74 Å². The number of anilines is 1. The minimum Gasteiger partial charge on any atom is -0.365 e. The van der Waals surface area contributed by atoms with Gasteiger partial charge in [0, 0.05) is 30.2 Å². The number of benzene rings is 1. The SMILES string of the molecule is C[C@@H]1CN(c2ccc(C#N)c3ncccc23)C[C@H](C(=O)CC2CCN(C)CC2)O1. The number of carbonyl (C=O) groups excluding carboxylic acids is 1. The number of aromatic nitrogens is 1. The highest BCUT2D eigenvalue weighted by molar-refractivity contribution is 5.95. The van der Waals surface area contributed by atoms with Crippen LogP contribution in [0.3, 0.4) is 0 Å². The third-order valence-corrected chi connectivity index (χ3v) is 6.16. The molecule has 2 fully saturated rings. The summed E-state index contributed by atoms with van der Waals surface area (Å²) < 4.78 is 6.05. The largest absolute Gasteiger partial charge is 0.365 e. The highest BCUT2D eigenvalue weighted by Gasteiger charge is 2.32. The fourth-order valence-corrected chi connectivity index (χ4v) is 4.53. The number of fused-ring (bicyclic) bond motifs is 1. The van der Waals surface area contributed by atoms with E-state index in [2.05, 4.69) is 27.9 Å². The molecule has 1 aromatic carbocycles. The van der Waals surface area contributed by atoms with Gasteiger partial charge in [0.05, 0.1) is 23.7 Å². The van der Waals surface area contributed by atoms with Crippen molar-refractivity contribution in [2.45, 2.75) is 38.4 Å². The number of piperidine rings is 1. The molecular weight excluding hydrogens is 364 g/mol. The van der Waals surface area contributed by atoms with E-state index in [1.807, 2.05) is 31.2 Å². The fraction of sp³-hybridized carbons (Fsp3) is 0.522. The van der Waals surface area contributed by atoms with Crippen molar-refractivity contribution in [3.05, 3.63) is 36.0 Å². The van der Waals surface area contributed by atoms with E-state index in [1.165, 1.54) is 0 Å². The topological polar surface area (TPSA) is 69.5 Å². The average Bonchev–Trinajstić information content (AvgIpc) is 2.74. The number of ketones is 1. The van der Waals surface area contributed by atoms with Gasteiger partial charge in [-0.05, 0) is 70.1 Å². The Balaban J connectivity index is 1.53. The third-order valence-electron chi connectivity index (χ3n) is 6.16. The summed E-state index contributed by atoms with van der Waals surface area (Å²) in [6.07, 6.45) is 4.05. The van der Waals surface area contributed by atoms with Crippen LogP contribution in [0.15, 0.2) is 30.5 Å². The molecule has 6 heteroatoms. The molecular formula is C23H28N4O2. The first-order valence-electron chi connectivity index (χ1n) is 10.4. The third kappa shape index (κ3) is 4.26. The van der Waals surface area contributed by atoms with Gasteiger partial charge in [0.1, 0.15) is 12.2 Å². The molecule has 0 saturated carbocycles. The maximum Gasteiger partial charge on any atom is 0.163 e. The van der Waals surface area contributed by atoms with Gasteiger partial charge in [-0.25, -0.2) is 0 Å². The Bertz CT molecular complexity index is 930. The quantitative estimate of drug-likeness (QED) is 0.797. The van der Waals surface area contributed by atoms with Crippen molar-refractivity contribution >= 4 is 22.4 Å². The summed E-state index contributed by atoms with van der Waals surface area (Å²) in [6, 6.07) is 9.89. The number of ether oxygens (including phenoxy) is 1. The van der Waals surface area contributed by atoms with Gasteiger partial charge in [-0.2, -0.15) is 5.26 Å². The summed E-state index contributed by atoms with van der Waals surface area (Å²) >= 11 is 0. The molecule has 0 amide bonds. The average molecular weight is 393 g/mol. The highest BCUT2D eigenvalue weighted by atomic mass is 16.5. The molecule has 4 rings (SSSR count). The minimum absolute atomic E-state index is 0.0300. The second-order valence-electron chi connectivity index (χ2n) is 8.40. The van der Waals surface area contributed by atoms with Crippen molar-refractivity contribution < 1.29 is 9.53 Å². The summed E-state index contributed by atoms with van der Waals surface area (Å²) in [4.78, 5) is 22.0. The number of Topliss-reactive ketones (excluding diaryl/α,β-unsaturated/α-hetero) is 1. The molecule has 0 spiro atoms. The first-order chi connectivity index (χ1) is 14.0. The van der Waals surface area contributed by atoms with Crippen LogP contribution in [0.2, 0.25) is 0 Å². The number of pyridine rings is 1. The van der Waals surface area contributed by atoms with Crippen LogP contribution in [0, 0.1) is 17.2 Å². The predicted octanol–water partition coefficient (Wildman–Crippen LogP) is 3.00. The summed E-state index contributed by atoms with van der Waals surface area (Å²) in [7, 11) is 2.14. The van der Waals surface area contributed by atoms with Crippen LogP contribution in [-0.2, 0) is 9.53 Å². The molecule has 29 heavy (non-hydrogen) atoms. The van der Waals surface area contributed by atoms with E-state index in [-0.39, 0.29) is 11.9 Å². The first kappa shape index (κ1) is 19.8. The number of hydrogen-bond acceptors (Lipinski definition) is 6. The zero-order chi connectivity index (χ0) is 20.4. The summed E-state index contributed by atoms with van der Waals surface area (Å²) in [5, 5.41) is 10.3. The summed E-state index contributed by atoms with van der Waals surface area (Å²) in [5.74, 6) is 0.681. The zero-order valence-electron chi connectivity index (χ0n) is 17.2. The van der Waals surface area contributed by atoms with Crippen LogP contribution in [0.4, 0.5) is 5.69 Å². The van der Waals surface area contributed by atoms with Crippen molar-refractivity contribution in [3.63, 3.8) is 0 Å². The van der Waals surface area contributed by atoms with Crippen molar-refractivity contribution in [2.75, 3.05) is 38.1 Å². The first-order valence-corrected chi connectivity index (χ1v) is 10.4. The van der Waals surface area contributed by atoms with Crippen LogP contribution >= 0.6 is 0 Å². The number of nitriles is 1. The lowest BCUT2D eigenvalue weighted by atomic mass is 9.90. The van der Waals surface area contributed by atoms with Crippen molar-refractivity contribution in [2.24, 2.45) is 5.92 Å². The number of morpholine rings is 1. The molecule has 2 atom stereocenters. The Kier molecular flexibility index (Phi) is 5.79. The molecule has 0 unspecified atom stereocenters. The van der Waals surface area contributed by atoms with Crippen molar-refractivity contribution in [1.29, 1.82) is 5.26 Å². The fourth-order valence-electron chi connectivity index (χ4n) is 4.53. The molecule has 0 radical (unpaired) electrons. The smallest absolute Gasteiger partial charge is 0.163 e. The number of hydrogen-bond donors (Lipinski definition) is 0. The molecule has 0 bridgehead atoms. The van der Waals surface area contributed by atoms with Gasteiger partial charge in [-0.3, -0.25) is 9.78 Å². The van der Waals surface area contributed by atoms with Gasteiger partial charge >= 0.3 is 0 Å². The molecule has 6 nitrogen and oxygen atoms in total. The van der Waals surface area contributed by atoms with Crippen molar-refractivity contribution in [3.8, 4) is 6.07 Å². The Morgan fingerprint density at radius 3 is 2.83 bits per heavy atom. The van der Waals surface area contributed by atoms with Gasteiger partial charge in [0.15, 0.2) is 5.78 Å². The second-order valence-corrected chi connectivity index (χ2v) is 8.40. The van der Waals surface area contributed by atoms with E-state index in [0.717, 1.165) is 37.0 Å². The predicted molar refractivity (Wildman–Crippen MR) is 113 cm³/mol. The lowest BCUT2D eigenvalue weighted by Gasteiger charge is -2.38. The maximum absolute atomic E-state index is 13.0. The number of carbonyl (C=O) groups is 1. The molecule has 2 aromatic rings. The van der Waals surface area contributed by atoms with Crippen LogP contribution in [0.25, 0.3) is 10.9 Å². The number of likely N-dealkylation sites (tertiary alicyclic amines) is 1. The molecule has 2 saturated heterocycles. The lowest BCUT2D eigenvalue weighted by Crippen LogP contribution is -2.50. The van der Waals surface area contributed by atoms with Crippen LogP contribution in [-0.4, -0.2) is 61.1 Å². The summed E-state index contributed by atoms with van der Waals surface area (Å²) in [6.45, 7) is 5.41. The highest BCUT2D eigenvalue weighted by Crippen LogP contribution is 2.31. The molecule has 152 valence electrons. The molecule has 0 N–H and O–H groups in total. The molecule has 3 heterocycles. The van der Waals surface area contributed by atoms with Gasteiger partial charge in [-0.1, -0.05) is 0 Å². The van der Waals surface area contributed by atoms with Gasteiger partial charge in [-0.15, -0.1) is 0 Å². The maximum atomic E-state index is 13.0. The molecule has 1 aromatic heterocycles. The van der Waals surface area contributed by atoms with E-state index >= 15 is 0 Å². The minimum atomic E-state index is -0.402. The second kappa shape index (κ2) is 8.48. The Morgan fingerprint density at radius 2 is 2.07 bits per heavy atom. The van der Waals surface area contributed by atoms with E-state index < -0.39 is 6.10 Å². The monoisotopic (exact) mass is 392 g/mol.